The molecule has 0 aliphatic carbocycles. The maximum absolute atomic E-state index is 12.2. The van der Waals surface area contributed by atoms with Crippen LogP contribution in [0.3, 0.4) is 0 Å². The predicted molar refractivity (Wildman–Crippen MR) is 91.5 cm³/mol. The number of fused-ring (bicyclic) bond motifs is 1. The molecule has 0 saturated heterocycles. The van der Waals surface area contributed by atoms with Crippen LogP contribution >= 0.6 is 0 Å². The van der Waals surface area contributed by atoms with Crippen LogP contribution in [0.2, 0.25) is 0 Å². The number of benzene rings is 2. The highest BCUT2D eigenvalue weighted by atomic mass is 16.5. The molecule has 0 aromatic heterocycles. The van der Waals surface area contributed by atoms with Gasteiger partial charge in [-0.3, -0.25) is 19.3 Å². The first-order valence-corrected chi connectivity index (χ1v) is 7.97. The lowest BCUT2D eigenvalue weighted by molar-refractivity contribution is -0.123. The Morgan fingerprint density at radius 1 is 1.00 bits per heavy atom. The first-order valence-electron chi connectivity index (χ1n) is 7.97. The second kappa shape index (κ2) is 7.17. The van der Waals surface area contributed by atoms with Crippen LogP contribution in [-0.4, -0.2) is 42.3 Å². The molecule has 0 saturated carbocycles. The van der Waals surface area contributed by atoms with Crippen LogP contribution in [0, 0.1) is 6.92 Å². The number of carbonyl (C=O) groups is 3. The smallest absolute Gasteiger partial charge is 0.261 e. The quantitative estimate of drug-likeness (QED) is 0.815. The molecule has 0 bridgehead atoms. The van der Waals surface area contributed by atoms with Crippen molar-refractivity contribution in [3.63, 3.8) is 0 Å². The maximum atomic E-state index is 12.2. The van der Waals surface area contributed by atoms with E-state index in [-0.39, 0.29) is 37.4 Å². The van der Waals surface area contributed by atoms with E-state index < -0.39 is 0 Å². The first-order chi connectivity index (χ1) is 12.1. The van der Waals surface area contributed by atoms with Gasteiger partial charge in [-0.05, 0) is 31.2 Å². The molecule has 1 heterocycles. The molecule has 25 heavy (non-hydrogen) atoms. The average Bonchev–Trinajstić information content (AvgIpc) is 2.86. The molecule has 128 valence electrons. The topological polar surface area (TPSA) is 75.7 Å². The number of hydrogen-bond donors (Lipinski definition) is 1. The van der Waals surface area contributed by atoms with Crippen LogP contribution in [-0.2, 0) is 4.79 Å². The fraction of sp³-hybridized carbons (Fsp3) is 0.211. The summed E-state index contributed by atoms with van der Waals surface area (Å²) in [7, 11) is 0. The van der Waals surface area contributed by atoms with E-state index in [1.165, 1.54) is 0 Å². The van der Waals surface area contributed by atoms with Crippen molar-refractivity contribution in [1.82, 2.24) is 10.2 Å². The van der Waals surface area contributed by atoms with Crippen LogP contribution in [0.15, 0.2) is 48.5 Å². The molecular weight excluding hydrogens is 320 g/mol. The SMILES string of the molecule is Cc1ccc(OCC(=O)NCCN2C(=O)c3ccccc3C2=O)cc1. The molecule has 2 aromatic rings. The molecular formula is C19H18N2O4. The third kappa shape index (κ3) is 3.68. The van der Waals surface area contributed by atoms with Crippen LogP contribution in [0.5, 0.6) is 5.75 Å². The Balaban J connectivity index is 1.45. The number of carbonyl (C=O) groups excluding carboxylic acids is 3. The third-order valence-electron chi connectivity index (χ3n) is 3.93. The summed E-state index contributed by atoms with van der Waals surface area (Å²) in [6.45, 7) is 2.16. The largest absolute Gasteiger partial charge is 0.484 e. The van der Waals surface area contributed by atoms with Crippen molar-refractivity contribution >= 4 is 17.7 Å². The zero-order valence-electron chi connectivity index (χ0n) is 13.8. The molecule has 3 amide bonds. The Bertz CT molecular complexity index is 779. The van der Waals surface area contributed by atoms with Crippen LogP contribution in [0.25, 0.3) is 0 Å². The van der Waals surface area contributed by atoms with Gasteiger partial charge in [0, 0.05) is 13.1 Å². The Kier molecular flexibility index (Phi) is 4.79. The Morgan fingerprint density at radius 2 is 1.60 bits per heavy atom. The van der Waals surface area contributed by atoms with E-state index in [1.807, 2.05) is 19.1 Å². The van der Waals surface area contributed by atoms with E-state index in [9.17, 15) is 14.4 Å². The van der Waals surface area contributed by atoms with Crippen molar-refractivity contribution in [2.45, 2.75) is 6.92 Å². The van der Waals surface area contributed by atoms with Crippen molar-refractivity contribution in [2.75, 3.05) is 19.7 Å². The van der Waals surface area contributed by atoms with Gasteiger partial charge in [0.2, 0.25) is 0 Å². The summed E-state index contributed by atoms with van der Waals surface area (Å²) in [4.78, 5) is 37.3. The zero-order valence-corrected chi connectivity index (χ0v) is 13.8. The highest BCUT2D eigenvalue weighted by molar-refractivity contribution is 6.21. The Hall–Kier alpha value is -3.15. The van der Waals surface area contributed by atoms with Gasteiger partial charge < -0.3 is 10.1 Å². The fourth-order valence-electron chi connectivity index (χ4n) is 2.58. The van der Waals surface area contributed by atoms with Gasteiger partial charge in [0.25, 0.3) is 17.7 Å². The van der Waals surface area contributed by atoms with Gasteiger partial charge >= 0.3 is 0 Å². The van der Waals surface area contributed by atoms with E-state index in [1.54, 1.807) is 36.4 Å². The third-order valence-corrected chi connectivity index (χ3v) is 3.93. The summed E-state index contributed by atoms with van der Waals surface area (Å²) < 4.78 is 5.38. The van der Waals surface area contributed by atoms with E-state index in [4.69, 9.17) is 4.74 Å². The minimum atomic E-state index is -0.328. The molecule has 0 radical (unpaired) electrons. The minimum Gasteiger partial charge on any atom is -0.484 e. The highest BCUT2D eigenvalue weighted by Gasteiger charge is 2.34. The molecule has 2 aromatic carbocycles. The van der Waals surface area contributed by atoms with Gasteiger partial charge in [-0.2, -0.15) is 0 Å². The summed E-state index contributed by atoms with van der Waals surface area (Å²) in [5, 5.41) is 2.65. The minimum absolute atomic E-state index is 0.120. The lowest BCUT2D eigenvalue weighted by Crippen LogP contribution is -2.39. The lowest BCUT2D eigenvalue weighted by atomic mass is 10.1. The maximum Gasteiger partial charge on any atom is 0.261 e. The standard InChI is InChI=1S/C19H18N2O4/c1-13-6-8-14(9-7-13)25-12-17(22)20-10-11-21-18(23)15-4-2-3-5-16(15)19(21)24/h2-9H,10-12H2,1H3,(H,20,22). The average molecular weight is 338 g/mol. The monoisotopic (exact) mass is 338 g/mol. The fourth-order valence-corrected chi connectivity index (χ4v) is 2.58. The summed E-state index contributed by atoms with van der Waals surface area (Å²) >= 11 is 0. The van der Waals surface area contributed by atoms with Crippen LogP contribution in [0.1, 0.15) is 26.3 Å². The lowest BCUT2D eigenvalue weighted by Gasteiger charge is -2.14. The number of rotatable bonds is 6. The summed E-state index contributed by atoms with van der Waals surface area (Å²) in [6.07, 6.45) is 0. The summed E-state index contributed by atoms with van der Waals surface area (Å²) in [5.74, 6) is -0.352. The second-order valence-electron chi connectivity index (χ2n) is 5.76. The molecule has 0 fully saturated rings. The van der Waals surface area contributed by atoms with Crippen LogP contribution in [0.4, 0.5) is 0 Å². The summed E-state index contributed by atoms with van der Waals surface area (Å²) in [5.41, 5.74) is 1.92. The Morgan fingerprint density at radius 3 is 2.20 bits per heavy atom. The van der Waals surface area contributed by atoms with E-state index in [0.29, 0.717) is 16.9 Å². The number of nitrogens with one attached hydrogen (secondary N) is 1. The number of imide groups is 1. The van der Waals surface area contributed by atoms with Crippen molar-refractivity contribution < 1.29 is 19.1 Å². The van der Waals surface area contributed by atoms with Gasteiger partial charge in [-0.15, -0.1) is 0 Å². The highest BCUT2D eigenvalue weighted by Crippen LogP contribution is 2.21. The number of ether oxygens (including phenoxy) is 1. The number of amides is 3. The van der Waals surface area contributed by atoms with E-state index in [2.05, 4.69) is 5.32 Å². The molecule has 6 heteroatoms. The molecule has 0 atom stereocenters. The second-order valence-corrected chi connectivity index (χ2v) is 5.76. The molecule has 0 unspecified atom stereocenters. The van der Waals surface area contributed by atoms with Crippen molar-refractivity contribution in [3.8, 4) is 5.75 Å². The Labute approximate surface area is 145 Å². The van der Waals surface area contributed by atoms with E-state index >= 15 is 0 Å². The first kappa shape index (κ1) is 16.7. The van der Waals surface area contributed by atoms with Crippen LogP contribution < -0.4 is 10.1 Å². The molecule has 0 spiro atoms. The van der Waals surface area contributed by atoms with E-state index in [0.717, 1.165) is 10.5 Å². The predicted octanol–water partition coefficient (Wildman–Crippen LogP) is 1.79. The molecule has 3 rings (SSSR count). The van der Waals surface area contributed by atoms with Gasteiger partial charge in [-0.1, -0.05) is 29.8 Å². The van der Waals surface area contributed by atoms with Gasteiger partial charge in [0.05, 0.1) is 11.1 Å². The van der Waals surface area contributed by atoms with Gasteiger partial charge in [0.1, 0.15) is 5.75 Å². The summed E-state index contributed by atoms with van der Waals surface area (Å²) in [6, 6.07) is 14.1. The molecule has 1 aliphatic heterocycles. The van der Waals surface area contributed by atoms with Crippen molar-refractivity contribution in [1.29, 1.82) is 0 Å². The van der Waals surface area contributed by atoms with Crippen molar-refractivity contribution in [2.24, 2.45) is 0 Å². The molecule has 1 N–H and O–H groups in total. The number of nitrogens with zero attached hydrogens (tertiary/aromatic N) is 1. The molecule has 1 aliphatic rings. The number of hydrogen-bond acceptors (Lipinski definition) is 4. The van der Waals surface area contributed by atoms with Gasteiger partial charge in [0.15, 0.2) is 6.61 Å². The zero-order chi connectivity index (χ0) is 17.8. The normalized spacial score (nSPS) is 12.9. The molecule has 6 nitrogen and oxygen atoms in total. The van der Waals surface area contributed by atoms with Crippen molar-refractivity contribution in [3.05, 3.63) is 65.2 Å². The number of aryl methyl sites for hydroxylation is 1. The van der Waals surface area contributed by atoms with Gasteiger partial charge in [-0.25, -0.2) is 0 Å².